The molecule has 0 aliphatic carbocycles. The summed E-state index contributed by atoms with van der Waals surface area (Å²) >= 11 is 1.54. The molecule has 1 amide bonds. The lowest BCUT2D eigenvalue weighted by Crippen LogP contribution is -2.22. The first kappa shape index (κ1) is 15.8. The van der Waals surface area contributed by atoms with Gasteiger partial charge in [-0.05, 0) is 12.1 Å². The van der Waals surface area contributed by atoms with E-state index in [-0.39, 0.29) is 17.6 Å². The van der Waals surface area contributed by atoms with E-state index in [0.717, 1.165) is 21.8 Å². The number of carbonyl (C=O) groups is 1. The first-order chi connectivity index (χ1) is 12.2. The Hall–Kier alpha value is -2.66. The fourth-order valence-electron chi connectivity index (χ4n) is 3.31. The van der Waals surface area contributed by atoms with Gasteiger partial charge in [0.05, 0.1) is 12.8 Å². The van der Waals surface area contributed by atoms with Gasteiger partial charge in [0.2, 0.25) is 5.91 Å². The van der Waals surface area contributed by atoms with Crippen LogP contribution in [0.2, 0.25) is 0 Å². The van der Waals surface area contributed by atoms with Crippen LogP contribution in [0.25, 0.3) is 11.1 Å². The molecule has 3 aromatic rings. The highest BCUT2D eigenvalue weighted by Crippen LogP contribution is 2.48. The molecule has 1 N–H and O–H groups in total. The van der Waals surface area contributed by atoms with Crippen molar-refractivity contribution in [2.75, 3.05) is 12.4 Å². The van der Waals surface area contributed by atoms with E-state index in [1.807, 2.05) is 29.6 Å². The van der Waals surface area contributed by atoms with Crippen molar-refractivity contribution in [3.05, 3.63) is 70.2 Å². The summed E-state index contributed by atoms with van der Waals surface area (Å²) in [6.07, 6.45) is 0.352. The van der Waals surface area contributed by atoms with Crippen LogP contribution in [0, 0.1) is 5.82 Å². The number of thiophene rings is 1. The van der Waals surface area contributed by atoms with Gasteiger partial charge in [0.15, 0.2) is 0 Å². The van der Waals surface area contributed by atoms with Crippen molar-refractivity contribution in [1.82, 2.24) is 0 Å². The normalized spacial score (nSPS) is 16.2. The van der Waals surface area contributed by atoms with Crippen molar-refractivity contribution in [1.29, 1.82) is 0 Å². The number of methoxy groups -OCH3 is 1. The molecule has 4 rings (SSSR count). The molecule has 0 bridgehead atoms. The van der Waals surface area contributed by atoms with Crippen LogP contribution in [-0.4, -0.2) is 13.0 Å². The molecular weight excluding hydrogens is 337 g/mol. The van der Waals surface area contributed by atoms with Gasteiger partial charge in [-0.1, -0.05) is 36.4 Å². The minimum absolute atomic E-state index is 0.0700. The number of benzene rings is 2. The molecule has 0 fully saturated rings. The third kappa shape index (κ3) is 2.70. The van der Waals surface area contributed by atoms with E-state index in [0.29, 0.717) is 17.7 Å². The number of nitrogens with one attached hydrogen (secondary N) is 1. The van der Waals surface area contributed by atoms with Crippen LogP contribution >= 0.6 is 11.3 Å². The first-order valence-electron chi connectivity index (χ1n) is 7.98. The molecule has 0 spiro atoms. The van der Waals surface area contributed by atoms with Gasteiger partial charge in [0.25, 0.3) is 0 Å². The quantitative estimate of drug-likeness (QED) is 0.717. The van der Waals surface area contributed by atoms with Crippen LogP contribution in [0.3, 0.4) is 0 Å². The standard InChI is InChI=1S/C20H16FNO2S/c1-24-17-9-5-3-7-13(17)14-10-18(23)22-19-15(11-25-20(14)19)12-6-2-4-8-16(12)21/h2-9,11,14H,10H2,1H3,(H,22,23)/t14-/m1/s1. The summed E-state index contributed by atoms with van der Waals surface area (Å²) < 4.78 is 19.7. The maximum atomic E-state index is 14.2. The van der Waals surface area contributed by atoms with Crippen LogP contribution < -0.4 is 10.1 Å². The van der Waals surface area contributed by atoms with E-state index in [4.69, 9.17) is 4.74 Å². The maximum absolute atomic E-state index is 14.2. The Labute approximate surface area is 149 Å². The van der Waals surface area contributed by atoms with Crippen molar-refractivity contribution in [2.24, 2.45) is 0 Å². The van der Waals surface area contributed by atoms with Crippen LogP contribution in [0.5, 0.6) is 5.75 Å². The van der Waals surface area contributed by atoms with Crippen LogP contribution in [-0.2, 0) is 4.79 Å². The second-order valence-corrected chi connectivity index (χ2v) is 6.83. The summed E-state index contributed by atoms with van der Waals surface area (Å²) in [5, 5.41) is 4.85. The highest BCUT2D eigenvalue weighted by atomic mass is 32.1. The van der Waals surface area contributed by atoms with Crippen LogP contribution in [0.15, 0.2) is 53.9 Å². The van der Waals surface area contributed by atoms with Crippen molar-refractivity contribution in [3.8, 4) is 16.9 Å². The molecular formula is C20H16FNO2S. The minimum atomic E-state index is -0.295. The topological polar surface area (TPSA) is 38.3 Å². The molecule has 5 heteroatoms. The molecule has 1 atom stereocenters. The number of anilines is 1. The largest absolute Gasteiger partial charge is 0.496 e. The molecule has 1 aliphatic heterocycles. The van der Waals surface area contributed by atoms with Gasteiger partial charge in [0, 0.05) is 39.3 Å². The zero-order chi connectivity index (χ0) is 17.4. The number of hydrogen-bond acceptors (Lipinski definition) is 3. The Morgan fingerprint density at radius 1 is 1.12 bits per heavy atom. The summed E-state index contributed by atoms with van der Waals surface area (Å²) in [6.45, 7) is 0. The third-order valence-electron chi connectivity index (χ3n) is 4.47. The Kier molecular flexibility index (Phi) is 4.01. The van der Waals surface area contributed by atoms with E-state index in [9.17, 15) is 9.18 Å². The fraction of sp³-hybridized carbons (Fsp3) is 0.150. The van der Waals surface area contributed by atoms with E-state index < -0.39 is 0 Å². The summed E-state index contributed by atoms with van der Waals surface area (Å²) in [5.41, 5.74) is 2.91. The second-order valence-electron chi connectivity index (χ2n) is 5.92. The van der Waals surface area contributed by atoms with E-state index in [1.165, 1.54) is 6.07 Å². The summed E-state index contributed by atoms with van der Waals surface area (Å²) in [7, 11) is 1.63. The SMILES string of the molecule is COc1ccccc1[C@H]1CC(=O)Nc2c(-c3ccccc3F)csc21. The van der Waals surface area contributed by atoms with Crippen molar-refractivity contribution < 1.29 is 13.9 Å². The number of halogens is 1. The van der Waals surface area contributed by atoms with E-state index in [2.05, 4.69) is 5.32 Å². The number of ether oxygens (including phenoxy) is 1. The molecule has 2 heterocycles. The third-order valence-corrected chi connectivity index (χ3v) is 5.56. The van der Waals surface area contributed by atoms with Gasteiger partial charge in [-0.3, -0.25) is 4.79 Å². The number of carbonyl (C=O) groups excluding carboxylic acids is 1. The first-order valence-corrected chi connectivity index (χ1v) is 8.86. The van der Waals surface area contributed by atoms with Crippen molar-refractivity contribution in [3.63, 3.8) is 0 Å². The molecule has 0 unspecified atom stereocenters. The van der Waals surface area contributed by atoms with Gasteiger partial charge in [-0.25, -0.2) is 4.39 Å². The van der Waals surface area contributed by atoms with Crippen molar-refractivity contribution >= 4 is 22.9 Å². The zero-order valence-corrected chi connectivity index (χ0v) is 14.4. The summed E-state index contributed by atoms with van der Waals surface area (Å²) in [4.78, 5) is 13.4. The number of para-hydroxylation sites is 1. The molecule has 126 valence electrons. The molecule has 3 nitrogen and oxygen atoms in total. The number of fused-ring (bicyclic) bond motifs is 1. The van der Waals surface area contributed by atoms with Gasteiger partial charge < -0.3 is 10.1 Å². The molecule has 0 saturated carbocycles. The molecule has 0 radical (unpaired) electrons. The molecule has 0 saturated heterocycles. The Balaban J connectivity index is 1.86. The summed E-state index contributed by atoms with van der Waals surface area (Å²) in [5.74, 6) is 0.301. The van der Waals surface area contributed by atoms with Gasteiger partial charge in [-0.15, -0.1) is 11.3 Å². The molecule has 2 aromatic carbocycles. The monoisotopic (exact) mass is 353 g/mol. The highest BCUT2D eigenvalue weighted by Gasteiger charge is 2.32. The number of amides is 1. The van der Waals surface area contributed by atoms with Gasteiger partial charge in [0.1, 0.15) is 11.6 Å². The number of hydrogen-bond donors (Lipinski definition) is 1. The van der Waals surface area contributed by atoms with Gasteiger partial charge >= 0.3 is 0 Å². The lowest BCUT2D eigenvalue weighted by Gasteiger charge is -2.25. The Morgan fingerprint density at radius 3 is 2.68 bits per heavy atom. The van der Waals surface area contributed by atoms with Crippen LogP contribution in [0.1, 0.15) is 22.8 Å². The molecule has 1 aliphatic rings. The fourth-order valence-corrected chi connectivity index (χ4v) is 4.45. The zero-order valence-electron chi connectivity index (χ0n) is 13.6. The molecule has 1 aromatic heterocycles. The lowest BCUT2D eigenvalue weighted by molar-refractivity contribution is -0.116. The van der Waals surface area contributed by atoms with E-state index in [1.54, 1.807) is 36.6 Å². The maximum Gasteiger partial charge on any atom is 0.225 e. The average Bonchev–Trinajstić information content (AvgIpc) is 3.05. The molecule has 25 heavy (non-hydrogen) atoms. The minimum Gasteiger partial charge on any atom is -0.496 e. The van der Waals surface area contributed by atoms with Gasteiger partial charge in [-0.2, -0.15) is 0 Å². The highest BCUT2D eigenvalue weighted by molar-refractivity contribution is 7.11. The summed E-state index contributed by atoms with van der Waals surface area (Å²) in [6, 6.07) is 14.3. The predicted molar refractivity (Wildman–Crippen MR) is 97.8 cm³/mol. The lowest BCUT2D eigenvalue weighted by atomic mass is 9.88. The van der Waals surface area contributed by atoms with E-state index >= 15 is 0 Å². The van der Waals surface area contributed by atoms with Crippen LogP contribution in [0.4, 0.5) is 10.1 Å². The smallest absolute Gasteiger partial charge is 0.225 e. The number of rotatable bonds is 3. The average molecular weight is 353 g/mol. The Bertz CT molecular complexity index is 950. The second kappa shape index (κ2) is 6.33. The Morgan fingerprint density at radius 2 is 1.88 bits per heavy atom. The predicted octanol–water partition coefficient (Wildman–Crippen LogP) is 5.04. The van der Waals surface area contributed by atoms with Crippen molar-refractivity contribution in [2.45, 2.75) is 12.3 Å².